The summed E-state index contributed by atoms with van der Waals surface area (Å²) in [6.07, 6.45) is 0.194. The minimum Gasteiger partial charge on any atom is -0.351 e. The molecule has 2 amide bonds. The minimum absolute atomic E-state index is 0.168. The normalized spacial score (nSPS) is 10.3. The summed E-state index contributed by atoms with van der Waals surface area (Å²) in [5.41, 5.74) is 3.20. The highest BCUT2D eigenvalue weighted by Gasteiger charge is 2.10. The second kappa shape index (κ2) is 7.42. The van der Waals surface area contributed by atoms with Gasteiger partial charge in [0.15, 0.2) is 0 Å². The van der Waals surface area contributed by atoms with Gasteiger partial charge < -0.3 is 10.6 Å². The van der Waals surface area contributed by atoms with Crippen molar-refractivity contribution in [1.29, 1.82) is 0 Å². The minimum atomic E-state index is -0.181. The van der Waals surface area contributed by atoms with Gasteiger partial charge in [-0.25, -0.2) is 0 Å². The number of amides is 2. The van der Waals surface area contributed by atoms with Crippen LogP contribution >= 0.6 is 22.9 Å². The number of carbonyl (C=O) groups is 2. The summed E-state index contributed by atoms with van der Waals surface area (Å²) in [7, 11) is 0. The Bertz CT molecular complexity index is 660. The molecule has 0 fully saturated rings. The highest BCUT2D eigenvalue weighted by Crippen LogP contribution is 2.27. The van der Waals surface area contributed by atoms with Gasteiger partial charge in [-0.15, -0.1) is 0 Å². The van der Waals surface area contributed by atoms with E-state index in [0.717, 1.165) is 11.1 Å². The van der Waals surface area contributed by atoms with E-state index in [0.29, 0.717) is 16.3 Å². The van der Waals surface area contributed by atoms with E-state index in [-0.39, 0.29) is 24.8 Å². The molecule has 2 rings (SSSR count). The number of carbonyl (C=O) groups excluding carboxylic acids is 2. The molecule has 116 valence electrons. The SMILES string of the molecule is Cc1cc(C)c(NC(=O)CCNC(=O)c2ccsc2)c(Cl)c1. The van der Waals surface area contributed by atoms with Gasteiger partial charge in [-0.2, -0.15) is 11.3 Å². The van der Waals surface area contributed by atoms with Crippen molar-refractivity contribution in [3.8, 4) is 0 Å². The lowest BCUT2D eigenvalue weighted by atomic mass is 10.1. The molecule has 0 saturated carbocycles. The first kappa shape index (κ1) is 16.5. The Kier molecular flexibility index (Phi) is 5.57. The molecule has 1 aromatic heterocycles. The van der Waals surface area contributed by atoms with Crippen molar-refractivity contribution in [2.24, 2.45) is 0 Å². The predicted octanol–water partition coefficient (Wildman–Crippen LogP) is 3.78. The van der Waals surface area contributed by atoms with Crippen LogP contribution in [0.4, 0.5) is 5.69 Å². The summed E-state index contributed by atoms with van der Waals surface area (Å²) in [5, 5.41) is 9.64. The molecule has 2 aromatic rings. The monoisotopic (exact) mass is 336 g/mol. The Hall–Kier alpha value is -1.85. The van der Waals surface area contributed by atoms with Gasteiger partial charge in [0.1, 0.15) is 0 Å². The summed E-state index contributed by atoms with van der Waals surface area (Å²) in [6.45, 7) is 4.13. The molecule has 0 atom stereocenters. The molecule has 0 saturated heterocycles. The lowest BCUT2D eigenvalue weighted by molar-refractivity contribution is -0.116. The smallest absolute Gasteiger partial charge is 0.252 e. The van der Waals surface area contributed by atoms with Crippen LogP contribution in [-0.4, -0.2) is 18.4 Å². The number of benzene rings is 1. The Morgan fingerprint density at radius 2 is 2.05 bits per heavy atom. The third-order valence-electron chi connectivity index (χ3n) is 3.12. The fourth-order valence-corrected chi connectivity index (χ4v) is 3.07. The van der Waals surface area contributed by atoms with Crippen LogP contribution in [0, 0.1) is 13.8 Å². The molecule has 0 radical (unpaired) electrons. The predicted molar refractivity (Wildman–Crippen MR) is 90.8 cm³/mol. The molecule has 0 bridgehead atoms. The summed E-state index contributed by atoms with van der Waals surface area (Å²) in [5.74, 6) is -0.349. The number of thiophene rings is 1. The van der Waals surface area contributed by atoms with Gasteiger partial charge in [0.25, 0.3) is 5.91 Å². The molecule has 0 unspecified atom stereocenters. The van der Waals surface area contributed by atoms with Crippen molar-refractivity contribution in [3.63, 3.8) is 0 Å². The first-order valence-corrected chi connectivity index (χ1v) is 8.16. The molecule has 0 aliphatic carbocycles. The number of anilines is 1. The molecule has 2 N–H and O–H groups in total. The van der Waals surface area contributed by atoms with E-state index in [9.17, 15) is 9.59 Å². The number of hydrogen-bond donors (Lipinski definition) is 2. The Morgan fingerprint density at radius 1 is 1.27 bits per heavy atom. The van der Waals surface area contributed by atoms with Crippen molar-refractivity contribution >= 4 is 40.4 Å². The number of nitrogens with one attached hydrogen (secondary N) is 2. The van der Waals surface area contributed by atoms with Gasteiger partial charge in [-0.05, 0) is 42.5 Å². The summed E-state index contributed by atoms with van der Waals surface area (Å²) in [4.78, 5) is 23.7. The van der Waals surface area contributed by atoms with Gasteiger partial charge in [-0.1, -0.05) is 17.7 Å². The van der Waals surface area contributed by atoms with E-state index in [1.54, 1.807) is 11.4 Å². The Morgan fingerprint density at radius 3 is 2.68 bits per heavy atom. The van der Waals surface area contributed by atoms with E-state index in [1.165, 1.54) is 11.3 Å². The second-order valence-electron chi connectivity index (χ2n) is 5.00. The average Bonchev–Trinajstić information content (AvgIpc) is 2.97. The van der Waals surface area contributed by atoms with Gasteiger partial charge in [0.05, 0.1) is 10.7 Å². The zero-order valence-electron chi connectivity index (χ0n) is 12.4. The van der Waals surface area contributed by atoms with E-state index in [2.05, 4.69) is 10.6 Å². The van der Waals surface area contributed by atoms with Crippen molar-refractivity contribution in [2.75, 3.05) is 11.9 Å². The number of hydrogen-bond acceptors (Lipinski definition) is 3. The largest absolute Gasteiger partial charge is 0.351 e. The highest BCUT2D eigenvalue weighted by molar-refractivity contribution is 7.08. The zero-order valence-corrected chi connectivity index (χ0v) is 14.0. The van der Waals surface area contributed by atoms with Crippen LogP contribution in [0.25, 0.3) is 0 Å². The summed E-state index contributed by atoms with van der Waals surface area (Å²) < 4.78 is 0. The Labute approximate surface area is 138 Å². The topological polar surface area (TPSA) is 58.2 Å². The molecule has 0 aliphatic heterocycles. The first-order valence-electron chi connectivity index (χ1n) is 6.84. The zero-order chi connectivity index (χ0) is 16.1. The first-order chi connectivity index (χ1) is 10.5. The number of rotatable bonds is 5. The third kappa shape index (κ3) is 4.32. The lowest BCUT2D eigenvalue weighted by Gasteiger charge is -2.11. The quantitative estimate of drug-likeness (QED) is 0.873. The van der Waals surface area contributed by atoms with Gasteiger partial charge >= 0.3 is 0 Å². The van der Waals surface area contributed by atoms with Crippen LogP contribution in [0.2, 0.25) is 5.02 Å². The van der Waals surface area contributed by atoms with Crippen LogP contribution in [0.5, 0.6) is 0 Å². The van der Waals surface area contributed by atoms with Crippen molar-refractivity contribution < 1.29 is 9.59 Å². The van der Waals surface area contributed by atoms with Crippen LogP contribution in [0.3, 0.4) is 0 Å². The maximum Gasteiger partial charge on any atom is 0.252 e. The maximum atomic E-state index is 12.0. The molecule has 1 heterocycles. The molecule has 6 heteroatoms. The number of aryl methyl sites for hydroxylation is 2. The fourth-order valence-electron chi connectivity index (χ4n) is 2.06. The van der Waals surface area contributed by atoms with E-state index < -0.39 is 0 Å². The van der Waals surface area contributed by atoms with Crippen molar-refractivity contribution in [1.82, 2.24) is 5.32 Å². The van der Waals surface area contributed by atoms with Crippen LogP contribution in [-0.2, 0) is 4.79 Å². The van der Waals surface area contributed by atoms with E-state index in [1.807, 2.05) is 31.4 Å². The fraction of sp³-hybridized carbons (Fsp3) is 0.250. The average molecular weight is 337 g/mol. The number of halogens is 1. The van der Waals surface area contributed by atoms with Crippen molar-refractivity contribution in [2.45, 2.75) is 20.3 Å². The standard InChI is InChI=1S/C16H17ClN2O2S/c1-10-7-11(2)15(13(17)8-10)19-14(20)3-5-18-16(21)12-4-6-22-9-12/h4,6-9H,3,5H2,1-2H3,(H,18,21)(H,19,20). The lowest BCUT2D eigenvalue weighted by Crippen LogP contribution is -2.27. The summed E-state index contributed by atoms with van der Waals surface area (Å²) >= 11 is 7.61. The summed E-state index contributed by atoms with van der Waals surface area (Å²) in [6, 6.07) is 5.51. The van der Waals surface area contributed by atoms with Crippen LogP contribution in [0.15, 0.2) is 29.0 Å². The van der Waals surface area contributed by atoms with E-state index >= 15 is 0 Å². The highest BCUT2D eigenvalue weighted by atomic mass is 35.5. The second-order valence-corrected chi connectivity index (χ2v) is 6.19. The van der Waals surface area contributed by atoms with Crippen molar-refractivity contribution in [3.05, 3.63) is 50.7 Å². The van der Waals surface area contributed by atoms with Gasteiger partial charge in [0.2, 0.25) is 5.91 Å². The van der Waals surface area contributed by atoms with Gasteiger partial charge in [-0.3, -0.25) is 9.59 Å². The van der Waals surface area contributed by atoms with Crippen LogP contribution in [0.1, 0.15) is 27.9 Å². The molecular formula is C16H17ClN2O2S. The molecule has 1 aromatic carbocycles. The molecule has 0 spiro atoms. The third-order valence-corrected chi connectivity index (χ3v) is 4.10. The van der Waals surface area contributed by atoms with Crippen LogP contribution < -0.4 is 10.6 Å². The maximum absolute atomic E-state index is 12.0. The molecule has 22 heavy (non-hydrogen) atoms. The molecular weight excluding hydrogens is 320 g/mol. The molecule has 4 nitrogen and oxygen atoms in total. The van der Waals surface area contributed by atoms with Gasteiger partial charge in [0, 0.05) is 23.9 Å². The Balaban J connectivity index is 1.85. The van der Waals surface area contributed by atoms with E-state index in [4.69, 9.17) is 11.6 Å². The molecule has 0 aliphatic rings.